The molecule has 0 aromatic carbocycles. The second-order valence-electron chi connectivity index (χ2n) is 5.48. The highest BCUT2D eigenvalue weighted by molar-refractivity contribution is 5.39. The van der Waals surface area contributed by atoms with Gasteiger partial charge in [-0.3, -0.25) is 0 Å². The summed E-state index contributed by atoms with van der Waals surface area (Å²) >= 11 is 0. The van der Waals surface area contributed by atoms with Crippen LogP contribution in [0.15, 0.2) is 18.3 Å². The quantitative estimate of drug-likeness (QED) is 0.875. The highest BCUT2D eigenvalue weighted by atomic mass is 15.3. The lowest BCUT2D eigenvalue weighted by molar-refractivity contribution is 0.270. The van der Waals surface area contributed by atoms with Crippen LogP contribution in [0.4, 0.5) is 5.82 Å². The highest BCUT2D eigenvalue weighted by Crippen LogP contribution is 2.14. The smallest absolute Gasteiger partial charge is 0.128 e. The molecule has 1 N–H and O–H groups in total. The summed E-state index contributed by atoms with van der Waals surface area (Å²) in [6, 6.07) is 4.85. The maximum absolute atomic E-state index is 4.60. The average molecular weight is 262 g/mol. The fraction of sp³-hybridized carbons (Fsp3) is 0.667. The lowest BCUT2D eigenvalue weighted by Crippen LogP contribution is -2.46. The summed E-state index contributed by atoms with van der Waals surface area (Å²) in [5.41, 5.74) is 1.25. The molecule has 0 amide bonds. The maximum Gasteiger partial charge on any atom is 0.128 e. The van der Waals surface area contributed by atoms with Crippen LogP contribution >= 0.6 is 0 Å². The zero-order valence-electron chi connectivity index (χ0n) is 12.4. The molecule has 0 spiro atoms. The Kier molecular flexibility index (Phi) is 5.16. The van der Waals surface area contributed by atoms with Gasteiger partial charge in [0.2, 0.25) is 0 Å². The van der Waals surface area contributed by atoms with Gasteiger partial charge in [0.25, 0.3) is 0 Å². The minimum absolute atomic E-state index is 0.516. The summed E-state index contributed by atoms with van der Waals surface area (Å²) in [4.78, 5) is 9.46. The summed E-state index contributed by atoms with van der Waals surface area (Å²) < 4.78 is 0. The fourth-order valence-corrected chi connectivity index (χ4v) is 2.32. The first kappa shape index (κ1) is 14.3. The van der Waals surface area contributed by atoms with Crippen LogP contribution in [-0.4, -0.2) is 48.6 Å². The first-order valence-electron chi connectivity index (χ1n) is 7.34. The van der Waals surface area contributed by atoms with Crippen LogP contribution in [0.2, 0.25) is 0 Å². The number of piperazine rings is 1. The molecule has 1 aliphatic rings. The molecule has 0 bridgehead atoms. The molecule has 1 aromatic heterocycles. The van der Waals surface area contributed by atoms with Crippen molar-refractivity contribution in [3.8, 4) is 0 Å². The molecule has 0 aliphatic carbocycles. The van der Waals surface area contributed by atoms with Crippen molar-refractivity contribution in [3.63, 3.8) is 0 Å². The van der Waals surface area contributed by atoms with Gasteiger partial charge >= 0.3 is 0 Å². The van der Waals surface area contributed by atoms with Crippen LogP contribution in [0.3, 0.4) is 0 Å². The molecular formula is C15H26N4. The van der Waals surface area contributed by atoms with Gasteiger partial charge in [0.05, 0.1) is 0 Å². The number of hydrogen-bond acceptors (Lipinski definition) is 4. The molecular weight excluding hydrogens is 236 g/mol. The predicted molar refractivity (Wildman–Crippen MR) is 80.5 cm³/mol. The van der Waals surface area contributed by atoms with Crippen molar-refractivity contribution < 1.29 is 0 Å². The van der Waals surface area contributed by atoms with Gasteiger partial charge in [-0.2, -0.15) is 0 Å². The SMILES string of the molecule is CCN1CCN(c2ccc(CNC(C)C)cn2)CC1. The van der Waals surface area contributed by atoms with Crippen molar-refractivity contribution in [2.75, 3.05) is 37.6 Å². The van der Waals surface area contributed by atoms with Gasteiger partial charge in [0.1, 0.15) is 5.82 Å². The molecule has 106 valence electrons. The molecule has 4 nitrogen and oxygen atoms in total. The summed E-state index contributed by atoms with van der Waals surface area (Å²) in [5, 5.41) is 3.41. The monoisotopic (exact) mass is 262 g/mol. The van der Waals surface area contributed by atoms with Crippen molar-refractivity contribution in [1.29, 1.82) is 0 Å². The van der Waals surface area contributed by atoms with Crippen LogP contribution in [0, 0.1) is 0 Å². The summed E-state index contributed by atoms with van der Waals surface area (Å²) in [6.45, 7) is 13.1. The molecule has 4 heteroatoms. The Morgan fingerprint density at radius 1 is 1.21 bits per heavy atom. The zero-order valence-corrected chi connectivity index (χ0v) is 12.4. The van der Waals surface area contributed by atoms with Crippen LogP contribution in [0.25, 0.3) is 0 Å². The normalized spacial score (nSPS) is 17.2. The topological polar surface area (TPSA) is 31.4 Å². The van der Waals surface area contributed by atoms with Gasteiger partial charge in [-0.05, 0) is 18.2 Å². The summed E-state index contributed by atoms with van der Waals surface area (Å²) in [6.07, 6.45) is 2.00. The molecule has 0 atom stereocenters. The Balaban J connectivity index is 1.88. The maximum atomic E-state index is 4.60. The predicted octanol–water partition coefficient (Wildman–Crippen LogP) is 1.72. The molecule has 1 saturated heterocycles. The third-order valence-corrected chi connectivity index (χ3v) is 3.67. The second-order valence-corrected chi connectivity index (χ2v) is 5.48. The summed E-state index contributed by atoms with van der Waals surface area (Å²) in [5.74, 6) is 1.11. The number of nitrogens with one attached hydrogen (secondary N) is 1. The number of aromatic nitrogens is 1. The van der Waals surface area contributed by atoms with Crippen molar-refractivity contribution in [1.82, 2.24) is 15.2 Å². The fourth-order valence-electron chi connectivity index (χ4n) is 2.32. The number of hydrogen-bond donors (Lipinski definition) is 1. The van der Waals surface area contributed by atoms with Crippen molar-refractivity contribution in [2.24, 2.45) is 0 Å². The number of pyridine rings is 1. The highest BCUT2D eigenvalue weighted by Gasteiger charge is 2.16. The van der Waals surface area contributed by atoms with E-state index in [-0.39, 0.29) is 0 Å². The number of likely N-dealkylation sites (N-methyl/N-ethyl adjacent to an activating group) is 1. The van der Waals surface area contributed by atoms with E-state index in [2.05, 4.69) is 53.0 Å². The van der Waals surface area contributed by atoms with Crippen LogP contribution in [-0.2, 0) is 6.54 Å². The Morgan fingerprint density at radius 2 is 1.95 bits per heavy atom. The summed E-state index contributed by atoms with van der Waals surface area (Å²) in [7, 11) is 0. The Hall–Kier alpha value is -1.13. The van der Waals surface area contributed by atoms with Crippen LogP contribution in [0.1, 0.15) is 26.3 Å². The van der Waals surface area contributed by atoms with Gasteiger partial charge < -0.3 is 15.1 Å². The average Bonchev–Trinajstić information content (AvgIpc) is 2.46. The van der Waals surface area contributed by atoms with Crippen LogP contribution in [0.5, 0.6) is 0 Å². The van der Waals surface area contributed by atoms with E-state index in [1.165, 1.54) is 5.56 Å². The van der Waals surface area contributed by atoms with E-state index >= 15 is 0 Å². The van der Waals surface area contributed by atoms with E-state index in [1.54, 1.807) is 0 Å². The minimum Gasteiger partial charge on any atom is -0.354 e. The lowest BCUT2D eigenvalue weighted by Gasteiger charge is -2.34. The van der Waals surface area contributed by atoms with E-state index in [0.717, 1.165) is 45.1 Å². The van der Waals surface area contributed by atoms with Gasteiger partial charge in [-0.15, -0.1) is 0 Å². The third kappa shape index (κ3) is 4.18. The Labute approximate surface area is 116 Å². The molecule has 2 heterocycles. The number of nitrogens with zero attached hydrogens (tertiary/aromatic N) is 3. The van der Waals surface area contributed by atoms with Crippen LogP contribution < -0.4 is 10.2 Å². The van der Waals surface area contributed by atoms with Gasteiger partial charge in [-0.1, -0.05) is 26.8 Å². The largest absolute Gasteiger partial charge is 0.354 e. The third-order valence-electron chi connectivity index (χ3n) is 3.67. The molecule has 1 fully saturated rings. The standard InChI is InChI=1S/C15H26N4/c1-4-18-7-9-19(10-8-18)15-6-5-14(12-17-15)11-16-13(2)3/h5-6,12-13,16H,4,7-11H2,1-3H3. The second kappa shape index (κ2) is 6.87. The van der Waals surface area contributed by atoms with E-state index in [1.807, 2.05) is 6.20 Å². The molecule has 0 unspecified atom stereocenters. The molecule has 0 saturated carbocycles. The first-order chi connectivity index (χ1) is 9.19. The Bertz CT molecular complexity index is 366. The lowest BCUT2D eigenvalue weighted by atomic mass is 10.2. The number of rotatable bonds is 5. The van der Waals surface area contributed by atoms with E-state index in [4.69, 9.17) is 0 Å². The Morgan fingerprint density at radius 3 is 2.47 bits per heavy atom. The number of anilines is 1. The van der Waals surface area contributed by atoms with Gasteiger partial charge in [0.15, 0.2) is 0 Å². The first-order valence-corrected chi connectivity index (χ1v) is 7.34. The van der Waals surface area contributed by atoms with E-state index in [0.29, 0.717) is 6.04 Å². The molecule has 1 aromatic rings. The molecule has 2 rings (SSSR count). The molecule has 19 heavy (non-hydrogen) atoms. The van der Waals surface area contributed by atoms with Gasteiger partial charge in [0, 0.05) is 45.0 Å². The van der Waals surface area contributed by atoms with E-state index in [9.17, 15) is 0 Å². The van der Waals surface area contributed by atoms with Crippen molar-refractivity contribution in [2.45, 2.75) is 33.4 Å². The minimum atomic E-state index is 0.516. The van der Waals surface area contributed by atoms with Gasteiger partial charge in [-0.25, -0.2) is 4.98 Å². The zero-order chi connectivity index (χ0) is 13.7. The van der Waals surface area contributed by atoms with Crippen molar-refractivity contribution >= 4 is 5.82 Å². The molecule has 1 aliphatic heterocycles. The van der Waals surface area contributed by atoms with Crippen molar-refractivity contribution in [3.05, 3.63) is 23.9 Å². The molecule has 0 radical (unpaired) electrons. The van der Waals surface area contributed by atoms with E-state index < -0.39 is 0 Å².